The topological polar surface area (TPSA) is 120 Å². The van der Waals surface area contributed by atoms with Crippen molar-refractivity contribution in [3.8, 4) is 11.5 Å². The minimum absolute atomic E-state index is 0.101. The molecule has 0 atom stereocenters. The molecule has 0 aliphatic carbocycles. The molecule has 9 nitrogen and oxygen atoms in total. The Morgan fingerprint density at radius 2 is 1.00 bits per heavy atom. The lowest BCUT2D eigenvalue weighted by atomic mass is 10.3. The fraction of sp³-hybridized carbons (Fsp3) is 0.333. The summed E-state index contributed by atoms with van der Waals surface area (Å²) in [5.41, 5.74) is 0. The van der Waals surface area contributed by atoms with Crippen LogP contribution in [0.3, 0.4) is 0 Å². The summed E-state index contributed by atoms with van der Waals surface area (Å²) in [4.78, 5) is 0.203. The van der Waals surface area contributed by atoms with Gasteiger partial charge in [-0.1, -0.05) is 0 Å². The van der Waals surface area contributed by atoms with Crippen LogP contribution in [0.4, 0.5) is 0 Å². The third kappa shape index (κ3) is 7.07. The van der Waals surface area contributed by atoms with Crippen molar-refractivity contribution >= 4 is 20.0 Å². The van der Waals surface area contributed by atoms with Gasteiger partial charge in [0.1, 0.15) is 11.5 Å². The van der Waals surface area contributed by atoms with Gasteiger partial charge in [-0.2, -0.15) is 0 Å². The largest absolute Gasteiger partial charge is 0.457 e. The van der Waals surface area contributed by atoms with Gasteiger partial charge in [0.15, 0.2) is 0 Å². The summed E-state index contributed by atoms with van der Waals surface area (Å²) < 4.78 is 68.6. The van der Waals surface area contributed by atoms with Crippen LogP contribution < -0.4 is 14.2 Å². The number of sulfonamides is 2. The van der Waals surface area contributed by atoms with Crippen molar-refractivity contribution in [1.29, 1.82) is 0 Å². The van der Waals surface area contributed by atoms with E-state index >= 15 is 0 Å². The molecular formula is C18H24N2O7S2. The van der Waals surface area contributed by atoms with E-state index in [1.807, 2.05) is 0 Å². The summed E-state index contributed by atoms with van der Waals surface area (Å²) in [6, 6.07) is 11.7. The Hall–Kier alpha value is -2.02. The van der Waals surface area contributed by atoms with Crippen LogP contribution in [0.2, 0.25) is 0 Å². The molecule has 2 rings (SSSR count). The molecule has 0 fully saturated rings. The Kier molecular flexibility index (Phi) is 8.56. The van der Waals surface area contributed by atoms with E-state index in [9.17, 15) is 16.8 Å². The minimum atomic E-state index is -3.62. The minimum Gasteiger partial charge on any atom is -0.457 e. The van der Waals surface area contributed by atoms with Gasteiger partial charge in [0.2, 0.25) is 20.0 Å². The van der Waals surface area contributed by atoms with Crippen LogP contribution in [-0.4, -0.2) is 57.4 Å². The highest BCUT2D eigenvalue weighted by Crippen LogP contribution is 2.24. The lowest BCUT2D eigenvalue weighted by Gasteiger charge is -2.10. The van der Waals surface area contributed by atoms with Crippen LogP contribution in [0.5, 0.6) is 11.5 Å². The monoisotopic (exact) mass is 444 g/mol. The first-order valence-corrected chi connectivity index (χ1v) is 11.6. The Morgan fingerprint density at radius 3 is 1.31 bits per heavy atom. The maximum Gasteiger partial charge on any atom is 0.240 e. The van der Waals surface area contributed by atoms with E-state index < -0.39 is 20.0 Å². The molecule has 0 aliphatic rings. The average Bonchev–Trinajstić information content (AvgIpc) is 2.69. The fourth-order valence-electron chi connectivity index (χ4n) is 2.23. The van der Waals surface area contributed by atoms with Gasteiger partial charge in [-0.25, -0.2) is 26.3 Å². The molecule has 0 saturated carbocycles. The van der Waals surface area contributed by atoms with Crippen molar-refractivity contribution in [1.82, 2.24) is 9.44 Å². The summed E-state index contributed by atoms with van der Waals surface area (Å²) in [6.45, 7) is 0.890. The van der Waals surface area contributed by atoms with Gasteiger partial charge in [0.25, 0.3) is 0 Å². The standard InChI is InChI=1S/C18H24N2O7S2/c1-25-13-11-19-28(21,22)17-7-3-15(4-8-17)27-16-5-9-18(10-6-16)29(23,24)20-12-14-26-2/h3-10,19-20H,11-14H2,1-2H3. The van der Waals surface area contributed by atoms with E-state index in [1.54, 1.807) is 0 Å². The van der Waals surface area contributed by atoms with E-state index in [-0.39, 0.29) is 36.1 Å². The normalized spacial score (nSPS) is 12.1. The molecule has 0 amide bonds. The number of ether oxygens (including phenoxy) is 3. The number of benzene rings is 2. The summed E-state index contributed by atoms with van der Waals surface area (Å²) >= 11 is 0. The van der Waals surface area contributed by atoms with Gasteiger partial charge < -0.3 is 14.2 Å². The molecule has 0 aliphatic heterocycles. The summed E-state index contributed by atoms with van der Waals surface area (Å²) in [7, 11) is -4.27. The van der Waals surface area contributed by atoms with E-state index in [2.05, 4.69) is 9.44 Å². The second-order valence-electron chi connectivity index (χ2n) is 5.83. The van der Waals surface area contributed by atoms with Crippen molar-refractivity contribution in [3.63, 3.8) is 0 Å². The molecule has 2 aromatic carbocycles. The third-order valence-electron chi connectivity index (χ3n) is 3.70. The van der Waals surface area contributed by atoms with E-state index in [4.69, 9.17) is 14.2 Å². The second-order valence-corrected chi connectivity index (χ2v) is 9.36. The van der Waals surface area contributed by atoms with Crippen LogP contribution in [0.25, 0.3) is 0 Å². The van der Waals surface area contributed by atoms with Crippen molar-refractivity contribution in [2.75, 3.05) is 40.5 Å². The van der Waals surface area contributed by atoms with Crippen LogP contribution in [0.1, 0.15) is 0 Å². The van der Waals surface area contributed by atoms with Gasteiger partial charge in [-0.05, 0) is 48.5 Å². The Balaban J connectivity index is 2.02. The van der Waals surface area contributed by atoms with Gasteiger partial charge in [0, 0.05) is 27.3 Å². The second kappa shape index (κ2) is 10.7. The predicted molar refractivity (Wildman–Crippen MR) is 107 cm³/mol. The van der Waals surface area contributed by atoms with Gasteiger partial charge in [-0.3, -0.25) is 0 Å². The number of methoxy groups -OCH3 is 2. The number of hydrogen-bond acceptors (Lipinski definition) is 7. The van der Waals surface area contributed by atoms with Crippen molar-refractivity contribution in [3.05, 3.63) is 48.5 Å². The summed E-state index contributed by atoms with van der Waals surface area (Å²) in [5, 5.41) is 0. The zero-order valence-corrected chi connectivity index (χ0v) is 17.8. The summed E-state index contributed by atoms with van der Waals surface area (Å²) in [5.74, 6) is 0.823. The lowest BCUT2D eigenvalue weighted by molar-refractivity contribution is 0.204. The smallest absolute Gasteiger partial charge is 0.240 e. The quantitative estimate of drug-likeness (QED) is 0.474. The number of hydrogen-bond donors (Lipinski definition) is 2. The molecule has 2 aromatic rings. The van der Waals surface area contributed by atoms with Crippen molar-refractivity contribution in [2.45, 2.75) is 9.79 Å². The number of rotatable bonds is 12. The lowest BCUT2D eigenvalue weighted by Crippen LogP contribution is -2.27. The first-order valence-electron chi connectivity index (χ1n) is 8.64. The maximum atomic E-state index is 12.1. The molecule has 0 spiro atoms. The van der Waals surface area contributed by atoms with Crippen LogP contribution in [-0.2, 0) is 29.5 Å². The Bertz CT molecular complexity index is 892. The highest BCUT2D eigenvalue weighted by atomic mass is 32.2. The van der Waals surface area contributed by atoms with Gasteiger partial charge in [-0.15, -0.1) is 0 Å². The van der Waals surface area contributed by atoms with Crippen molar-refractivity contribution < 1.29 is 31.0 Å². The Morgan fingerprint density at radius 1 is 0.655 bits per heavy atom. The van der Waals surface area contributed by atoms with Crippen LogP contribution in [0.15, 0.2) is 58.3 Å². The zero-order valence-electron chi connectivity index (χ0n) is 16.1. The van der Waals surface area contributed by atoms with E-state index in [1.165, 1.54) is 62.8 Å². The molecule has 0 saturated heterocycles. The Labute approximate surface area is 171 Å². The molecule has 2 N–H and O–H groups in total. The van der Waals surface area contributed by atoms with Gasteiger partial charge in [0.05, 0.1) is 23.0 Å². The molecule has 0 unspecified atom stereocenters. The molecular weight excluding hydrogens is 420 g/mol. The predicted octanol–water partition coefficient (Wildman–Crippen LogP) is 1.33. The molecule has 0 radical (unpaired) electrons. The molecule has 11 heteroatoms. The zero-order chi connectivity index (χ0) is 21.3. The van der Waals surface area contributed by atoms with Crippen LogP contribution in [0, 0.1) is 0 Å². The first-order chi connectivity index (χ1) is 13.8. The van der Waals surface area contributed by atoms with E-state index in [0.29, 0.717) is 11.5 Å². The summed E-state index contributed by atoms with van der Waals surface area (Å²) in [6.07, 6.45) is 0. The number of nitrogens with one attached hydrogen (secondary N) is 2. The maximum absolute atomic E-state index is 12.1. The highest BCUT2D eigenvalue weighted by molar-refractivity contribution is 7.89. The molecule has 0 aromatic heterocycles. The average molecular weight is 445 g/mol. The fourth-order valence-corrected chi connectivity index (χ4v) is 4.26. The van der Waals surface area contributed by atoms with Crippen LogP contribution >= 0.6 is 0 Å². The molecule has 160 valence electrons. The van der Waals surface area contributed by atoms with E-state index in [0.717, 1.165) is 0 Å². The molecule has 29 heavy (non-hydrogen) atoms. The highest BCUT2D eigenvalue weighted by Gasteiger charge is 2.15. The van der Waals surface area contributed by atoms with Gasteiger partial charge >= 0.3 is 0 Å². The van der Waals surface area contributed by atoms with Crippen molar-refractivity contribution in [2.24, 2.45) is 0 Å². The molecule has 0 heterocycles. The third-order valence-corrected chi connectivity index (χ3v) is 6.65. The SMILES string of the molecule is COCCNS(=O)(=O)c1ccc(Oc2ccc(S(=O)(=O)NCCOC)cc2)cc1. The molecule has 0 bridgehead atoms. The first kappa shape index (κ1) is 23.3.